The highest BCUT2D eigenvalue weighted by atomic mass is 16.5. The van der Waals surface area contributed by atoms with Crippen LogP contribution in [0.25, 0.3) is 10.8 Å². The number of aryl methyl sites for hydroxylation is 1. The molecule has 0 saturated carbocycles. The number of nitrogens with one attached hydrogen (secondary N) is 1. The molecule has 0 fully saturated rings. The van der Waals surface area contributed by atoms with Crippen molar-refractivity contribution in [2.24, 2.45) is 0 Å². The van der Waals surface area contributed by atoms with Gasteiger partial charge in [-0.2, -0.15) is 5.10 Å². The fourth-order valence-electron chi connectivity index (χ4n) is 2.82. The predicted molar refractivity (Wildman–Crippen MR) is 95.9 cm³/mol. The van der Waals surface area contributed by atoms with Gasteiger partial charge >= 0.3 is 0 Å². The van der Waals surface area contributed by atoms with E-state index in [4.69, 9.17) is 4.74 Å². The molecule has 2 aromatic carbocycles. The number of hydrogen-bond donors (Lipinski definition) is 1. The van der Waals surface area contributed by atoms with Gasteiger partial charge in [-0.1, -0.05) is 35.9 Å². The van der Waals surface area contributed by atoms with Crippen molar-refractivity contribution in [3.63, 3.8) is 0 Å². The normalized spacial score (nSPS) is 10.7. The second kappa shape index (κ2) is 6.76. The van der Waals surface area contributed by atoms with Crippen LogP contribution in [-0.4, -0.2) is 35.2 Å². The summed E-state index contributed by atoms with van der Waals surface area (Å²) in [5.74, 6) is 0.459. The molecule has 128 valence electrons. The number of amides is 1. The molecule has 1 amide bonds. The number of benzene rings is 2. The van der Waals surface area contributed by atoms with Gasteiger partial charge < -0.3 is 9.64 Å². The first-order valence-corrected chi connectivity index (χ1v) is 7.87. The molecule has 6 heteroatoms. The quantitative estimate of drug-likeness (QED) is 0.794. The standard InChI is InChI=1S/C19H19N3O3/c1-12-8-9-16(25-3)13(10-12)11-22(2)19(24)17-14-6-4-5-7-15(14)18(23)21-20-17/h4-10H,11H2,1-3H3,(H,21,23). The van der Waals surface area contributed by atoms with E-state index in [0.717, 1.165) is 16.9 Å². The number of rotatable bonds is 4. The lowest BCUT2D eigenvalue weighted by atomic mass is 10.1. The average molecular weight is 337 g/mol. The Morgan fingerprint density at radius 3 is 2.64 bits per heavy atom. The van der Waals surface area contributed by atoms with Gasteiger partial charge in [-0.15, -0.1) is 0 Å². The molecule has 0 radical (unpaired) electrons. The molecule has 0 aliphatic heterocycles. The van der Waals surface area contributed by atoms with Gasteiger partial charge in [-0.3, -0.25) is 9.59 Å². The smallest absolute Gasteiger partial charge is 0.274 e. The molecule has 1 heterocycles. The summed E-state index contributed by atoms with van der Waals surface area (Å²) in [7, 11) is 3.30. The number of carbonyl (C=O) groups excluding carboxylic acids is 1. The van der Waals surface area contributed by atoms with Crippen LogP contribution in [0.15, 0.2) is 47.3 Å². The minimum Gasteiger partial charge on any atom is -0.496 e. The number of hydrogen-bond acceptors (Lipinski definition) is 4. The Bertz CT molecular complexity index is 995. The Labute approximate surface area is 145 Å². The fraction of sp³-hybridized carbons (Fsp3) is 0.211. The van der Waals surface area contributed by atoms with E-state index >= 15 is 0 Å². The first kappa shape index (κ1) is 16.7. The maximum Gasteiger partial charge on any atom is 0.274 e. The number of aromatic nitrogens is 2. The van der Waals surface area contributed by atoms with Crippen molar-refractivity contribution < 1.29 is 9.53 Å². The molecule has 1 N–H and O–H groups in total. The summed E-state index contributed by atoms with van der Waals surface area (Å²) in [5, 5.41) is 7.35. The highest BCUT2D eigenvalue weighted by Gasteiger charge is 2.19. The summed E-state index contributed by atoms with van der Waals surface area (Å²) in [6.07, 6.45) is 0. The average Bonchev–Trinajstić information content (AvgIpc) is 2.62. The zero-order valence-corrected chi connectivity index (χ0v) is 14.4. The predicted octanol–water partition coefficient (Wildman–Crippen LogP) is 2.51. The van der Waals surface area contributed by atoms with Crippen LogP contribution in [0.1, 0.15) is 21.6 Å². The second-order valence-corrected chi connectivity index (χ2v) is 5.92. The van der Waals surface area contributed by atoms with Crippen molar-refractivity contribution in [1.29, 1.82) is 0 Å². The van der Waals surface area contributed by atoms with Crippen LogP contribution in [0.3, 0.4) is 0 Å². The van der Waals surface area contributed by atoms with Crippen molar-refractivity contribution in [2.45, 2.75) is 13.5 Å². The Kier molecular flexibility index (Phi) is 4.52. The molecule has 0 spiro atoms. The molecule has 0 aliphatic rings. The Hall–Kier alpha value is -3.15. The molecule has 6 nitrogen and oxygen atoms in total. The van der Waals surface area contributed by atoms with Gasteiger partial charge in [0.15, 0.2) is 5.69 Å². The van der Waals surface area contributed by atoms with E-state index in [-0.39, 0.29) is 17.2 Å². The topological polar surface area (TPSA) is 75.3 Å². The van der Waals surface area contributed by atoms with Crippen LogP contribution < -0.4 is 10.3 Å². The monoisotopic (exact) mass is 337 g/mol. The maximum absolute atomic E-state index is 12.9. The highest BCUT2D eigenvalue weighted by molar-refractivity contribution is 6.04. The maximum atomic E-state index is 12.9. The zero-order chi connectivity index (χ0) is 18.0. The molecule has 3 rings (SSSR count). The lowest BCUT2D eigenvalue weighted by Crippen LogP contribution is -2.29. The van der Waals surface area contributed by atoms with E-state index in [1.54, 1.807) is 43.3 Å². The van der Waals surface area contributed by atoms with Crippen LogP contribution in [0.4, 0.5) is 0 Å². The Morgan fingerprint density at radius 1 is 1.20 bits per heavy atom. The summed E-state index contributed by atoms with van der Waals surface area (Å²) in [5.41, 5.74) is 1.91. The first-order chi connectivity index (χ1) is 12.0. The molecule has 0 saturated heterocycles. The second-order valence-electron chi connectivity index (χ2n) is 5.92. The minimum absolute atomic E-state index is 0.226. The number of carbonyl (C=O) groups is 1. The summed E-state index contributed by atoms with van der Waals surface area (Å²) < 4.78 is 5.37. The zero-order valence-electron chi connectivity index (χ0n) is 14.4. The minimum atomic E-state index is -0.310. The Balaban J connectivity index is 1.95. The van der Waals surface area contributed by atoms with Crippen LogP contribution in [0, 0.1) is 6.92 Å². The van der Waals surface area contributed by atoms with E-state index in [9.17, 15) is 9.59 Å². The number of fused-ring (bicyclic) bond motifs is 1. The van der Waals surface area contributed by atoms with Crippen LogP contribution in [-0.2, 0) is 6.54 Å². The number of ether oxygens (including phenoxy) is 1. The summed E-state index contributed by atoms with van der Waals surface area (Å²) in [6, 6.07) is 12.8. The third-order valence-electron chi connectivity index (χ3n) is 4.09. The van der Waals surface area contributed by atoms with Crippen LogP contribution in [0.5, 0.6) is 5.75 Å². The molecule has 0 unspecified atom stereocenters. The van der Waals surface area contributed by atoms with Crippen LogP contribution >= 0.6 is 0 Å². The summed E-state index contributed by atoms with van der Waals surface area (Å²) >= 11 is 0. The van der Waals surface area contributed by atoms with Crippen molar-refractivity contribution >= 4 is 16.7 Å². The SMILES string of the molecule is COc1ccc(C)cc1CN(C)C(=O)c1n[nH]c(=O)c2ccccc12. The number of nitrogens with zero attached hydrogens (tertiary/aromatic N) is 2. The lowest BCUT2D eigenvalue weighted by molar-refractivity contribution is 0.0779. The molecule has 0 bridgehead atoms. The van der Waals surface area contributed by atoms with E-state index in [1.807, 2.05) is 25.1 Å². The van der Waals surface area contributed by atoms with Gasteiger partial charge in [-0.25, -0.2) is 5.10 Å². The molecule has 1 aromatic heterocycles. The van der Waals surface area contributed by atoms with Crippen molar-refractivity contribution in [3.05, 3.63) is 69.6 Å². The van der Waals surface area contributed by atoms with Gasteiger partial charge in [0.2, 0.25) is 0 Å². The van der Waals surface area contributed by atoms with Gasteiger partial charge in [0.25, 0.3) is 11.5 Å². The number of methoxy groups -OCH3 is 1. The van der Waals surface area contributed by atoms with E-state index in [2.05, 4.69) is 10.2 Å². The fourth-order valence-corrected chi connectivity index (χ4v) is 2.82. The van der Waals surface area contributed by atoms with Gasteiger partial charge in [0.05, 0.1) is 12.5 Å². The summed E-state index contributed by atoms with van der Waals surface area (Å²) in [4.78, 5) is 26.3. The van der Waals surface area contributed by atoms with E-state index in [0.29, 0.717) is 17.3 Å². The molecular weight excluding hydrogens is 318 g/mol. The first-order valence-electron chi connectivity index (χ1n) is 7.87. The largest absolute Gasteiger partial charge is 0.496 e. The third-order valence-corrected chi connectivity index (χ3v) is 4.09. The highest BCUT2D eigenvalue weighted by Crippen LogP contribution is 2.22. The molecule has 25 heavy (non-hydrogen) atoms. The molecule has 0 aliphatic carbocycles. The van der Waals surface area contributed by atoms with Gasteiger partial charge in [0.1, 0.15) is 5.75 Å². The molecule has 3 aromatic rings. The number of H-pyrrole nitrogens is 1. The third kappa shape index (κ3) is 3.24. The van der Waals surface area contributed by atoms with Gasteiger partial charge in [0, 0.05) is 24.5 Å². The van der Waals surface area contributed by atoms with Crippen LogP contribution in [0.2, 0.25) is 0 Å². The molecule has 0 atom stereocenters. The van der Waals surface area contributed by atoms with Gasteiger partial charge in [-0.05, 0) is 19.1 Å². The Morgan fingerprint density at radius 2 is 1.92 bits per heavy atom. The van der Waals surface area contributed by atoms with E-state index < -0.39 is 0 Å². The summed E-state index contributed by atoms with van der Waals surface area (Å²) in [6.45, 7) is 2.36. The van der Waals surface area contributed by atoms with Crippen molar-refractivity contribution in [3.8, 4) is 5.75 Å². The lowest BCUT2D eigenvalue weighted by Gasteiger charge is -2.19. The van der Waals surface area contributed by atoms with Crippen molar-refractivity contribution in [1.82, 2.24) is 15.1 Å². The molecular formula is C19H19N3O3. The number of aromatic amines is 1. The van der Waals surface area contributed by atoms with E-state index in [1.165, 1.54) is 0 Å². The van der Waals surface area contributed by atoms with Crippen molar-refractivity contribution in [2.75, 3.05) is 14.2 Å².